The summed E-state index contributed by atoms with van der Waals surface area (Å²) in [7, 11) is 1.29. The van der Waals surface area contributed by atoms with Crippen LogP contribution in [0, 0.1) is 0 Å². The van der Waals surface area contributed by atoms with Gasteiger partial charge in [0.25, 0.3) is 5.91 Å². The molecule has 0 unspecified atom stereocenters. The minimum atomic E-state index is -0.804. The first-order chi connectivity index (χ1) is 15.0. The van der Waals surface area contributed by atoms with Gasteiger partial charge in [0.1, 0.15) is 11.1 Å². The normalized spacial score (nSPS) is 15.4. The second-order valence-electron chi connectivity index (χ2n) is 6.73. The zero-order valence-corrected chi connectivity index (χ0v) is 17.4. The van der Waals surface area contributed by atoms with Crippen molar-refractivity contribution in [3.05, 3.63) is 85.7 Å². The highest BCUT2D eigenvalue weighted by Gasteiger charge is 2.45. The third kappa shape index (κ3) is 3.01. The van der Waals surface area contributed by atoms with Crippen molar-refractivity contribution in [1.82, 2.24) is 10.2 Å². The number of rotatable bonds is 3. The van der Waals surface area contributed by atoms with Crippen molar-refractivity contribution in [2.75, 3.05) is 12.0 Å². The summed E-state index contributed by atoms with van der Waals surface area (Å²) in [6.07, 6.45) is 0. The van der Waals surface area contributed by atoms with E-state index in [1.54, 1.807) is 36.4 Å². The molecular formula is C21H12ClN3O5S. The highest BCUT2D eigenvalue weighted by Crippen LogP contribution is 2.41. The predicted molar refractivity (Wildman–Crippen MR) is 114 cm³/mol. The molecule has 0 bridgehead atoms. The lowest BCUT2D eigenvalue weighted by atomic mass is 9.98. The maximum atomic E-state index is 13.4. The van der Waals surface area contributed by atoms with Crippen molar-refractivity contribution in [2.24, 2.45) is 0 Å². The van der Waals surface area contributed by atoms with E-state index >= 15 is 0 Å². The summed E-state index contributed by atoms with van der Waals surface area (Å²) < 4.78 is 10.6. The molecular weight excluding hydrogens is 442 g/mol. The molecule has 0 spiro atoms. The van der Waals surface area contributed by atoms with Gasteiger partial charge in [-0.05, 0) is 35.9 Å². The Morgan fingerprint density at radius 2 is 1.97 bits per heavy atom. The van der Waals surface area contributed by atoms with Gasteiger partial charge in [0.15, 0.2) is 5.43 Å². The van der Waals surface area contributed by atoms with Crippen LogP contribution in [-0.4, -0.2) is 29.2 Å². The number of anilines is 1. The molecule has 0 fully saturated rings. The van der Waals surface area contributed by atoms with Crippen molar-refractivity contribution < 1.29 is 18.7 Å². The van der Waals surface area contributed by atoms with E-state index in [-0.39, 0.29) is 27.7 Å². The van der Waals surface area contributed by atoms with Gasteiger partial charge in [-0.2, -0.15) is 0 Å². The third-order valence-electron chi connectivity index (χ3n) is 5.03. The molecule has 1 aliphatic heterocycles. The fourth-order valence-electron chi connectivity index (χ4n) is 3.65. The molecule has 3 heterocycles. The Kier molecular flexibility index (Phi) is 4.57. The SMILES string of the molecule is COC(=O)c1ccc([C@H]2c3c(oc4ccc(Cl)cc4c3=O)C(=O)N2c2nncs2)cc1. The molecule has 1 amide bonds. The Labute approximate surface area is 183 Å². The van der Waals surface area contributed by atoms with Gasteiger partial charge in [-0.15, -0.1) is 10.2 Å². The van der Waals surface area contributed by atoms with Crippen molar-refractivity contribution in [3.63, 3.8) is 0 Å². The van der Waals surface area contributed by atoms with Gasteiger partial charge in [-0.3, -0.25) is 14.5 Å². The lowest BCUT2D eigenvalue weighted by molar-refractivity contribution is 0.0600. The summed E-state index contributed by atoms with van der Waals surface area (Å²) in [5.74, 6) is -1.05. The number of methoxy groups -OCH3 is 1. The van der Waals surface area contributed by atoms with Crippen LogP contribution in [0.3, 0.4) is 0 Å². The zero-order valence-electron chi connectivity index (χ0n) is 15.9. The number of hydrogen-bond donors (Lipinski definition) is 0. The van der Waals surface area contributed by atoms with Crippen molar-refractivity contribution >= 4 is 50.9 Å². The number of nitrogens with zero attached hydrogens (tertiary/aromatic N) is 3. The van der Waals surface area contributed by atoms with Crippen LogP contribution in [0.25, 0.3) is 11.0 Å². The number of ether oxygens (including phenoxy) is 1. The van der Waals surface area contributed by atoms with Gasteiger partial charge < -0.3 is 9.15 Å². The Hall–Kier alpha value is -3.56. The molecule has 0 aliphatic carbocycles. The van der Waals surface area contributed by atoms with Gasteiger partial charge >= 0.3 is 5.97 Å². The van der Waals surface area contributed by atoms with Gasteiger partial charge in [0, 0.05) is 5.02 Å². The van der Waals surface area contributed by atoms with Crippen LogP contribution in [0.4, 0.5) is 5.13 Å². The molecule has 1 atom stereocenters. The van der Waals surface area contributed by atoms with Gasteiger partial charge in [-0.1, -0.05) is 35.1 Å². The Bertz CT molecular complexity index is 1400. The van der Waals surface area contributed by atoms with E-state index in [0.717, 1.165) is 11.3 Å². The minimum absolute atomic E-state index is 0.0583. The number of halogens is 1. The molecule has 31 heavy (non-hydrogen) atoms. The highest BCUT2D eigenvalue weighted by molar-refractivity contribution is 7.13. The molecule has 0 saturated heterocycles. The number of hydrogen-bond acceptors (Lipinski definition) is 8. The lowest BCUT2D eigenvalue weighted by Gasteiger charge is -2.22. The lowest BCUT2D eigenvalue weighted by Crippen LogP contribution is -2.29. The number of benzene rings is 2. The second-order valence-corrected chi connectivity index (χ2v) is 7.98. The highest BCUT2D eigenvalue weighted by atomic mass is 35.5. The zero-order chi connectivity index (χ0) is 21.7. The van der Waals surface area contributed by atoms with Crippen LogP contribution in [0.5, 0.6) is 0 Å². The molecule has 2 aromatic carbocycles. The van der Waals surface area contributed by atoms with E-state index in [4.69, 9.17) is 20.8 Å². The number of carbonyl (C=O) groups is 2. The first kappa shape index (κ1) is 19.4. The van der Waals surface area contributed by atoms with Crippen LogP contribution >= 0.6 is 22.9 Å². The van der Waals surface area contributed by atoms with Crippen LogP contribution in [0.15, 0.2) is 57.2 Å². The molecule has 0 N–H and O–H groups in total. The molecule has 0 radical (unpaired) electrons. The fraction of sp³-hybridized carbons (Fsp3) is 0.0952. The number of aromatic nitrogens is 2. The molecule has 154 valence electrons. The standard InChI is InChI=1S/C21H12ClN3O5S/c1-29-20(28)11-4-2-10(3-5-11)16-15-17(26)13-8-12(22)6-7-14(13)30-18(15)19(27)25(16)21-24-23-9-31-21/h2-9,16H,1H3/t16-/m0/s1. The van der Waals surface area contributed by atoms with E-state index in [1.165, 1.54) is 23.6 Å². The monoisotopic (exact) mass is 453 g/mol. The molecule has 0 saturated carbocycles. The van der Waals surface area contributed by atoms with Gasteiger partial charge in [0.2, 0.25) is 10.9 Å². The topological polar surface area (TPSA) is 103 Å². The summed E-state index contributed by atoms with van der Waals surface area (Å²) in [6.45, 7) is 0. The van der Waals surface area contributed by atoms with E-state index in [2.05, 4.69) is 10.2 Å². The van der Waals surface area contributed by atoms with E-state index < -0.39 is 17.9 Å². The minimum Gasteiger partial charge on any atom is -0.465 e. The predicted octanol–water partition coefficient (Wildman–Crippen LogP) is 3.83. The smallest absolute Gasteiger partial charge is 0.337 e. The Morgan fingerprint density at radius 3 is 2.65 bits per heavy atom. The van der Waals surface area contributed by atoms with Crippen LogP contribution in [-0.2, 0) is 4.74 Å². The second kappa shape index (κ2) is 7.29. The van der Waals surface area contributed by atoms with E-state index in [9.17, 15) is 14.4 Å². The van der Waals surface area contributed by atoms with Crippen LogP contribution in [0.2, 0.25) is 5.02 Å². The summed E-state index contributed by atoms with van der Waals surface area (Å²) in [5, 5.41) is 8.80. The summed E-state index contributed by atoms with van der Waals surface area (Å²) >= 11 is 7.24. The third-order valence-corrected chi connectivity index (χ3v) is 5.96. The maximum absolute atomic E-state index is 13.4. The maximum Gasteiger partial charge on any atom is 0.337 e. The average Bonchev–Trinajstić information content (AvgIpc) is 3.40. The first-order valence-electron chi connectivity index (χ1n) is 9.04. The largest absolute Gasteiger partial charge is 0.465 e. The molecule has 2 aromatic heterocycles. The van der Waals surface area contributed by atoms with Crippen molar-refractivity contribution in [3.8, 4) is 0 Å². The fourth-order valence-corrected chi connectivity index (χ4v) is 4.41. The van der Waals surface area contributed by atoms with E-state index in [0.29, 0.717) is 21.3 Å². The van der Waals surface area contributed by atoms with Gasteiger partial charge in [0.05, 0.1) is 29.7 Å². The Morgan fingerprint density at radius 1 is 1.19 bits per heavy atom. The summed E-state index contributed by atoms with van der Waals surface area (Å²) in [6, 6.07) is 10.3. The average molecular weight is 454 g/mol. The first-order valence-corrected chi connectivity index (χ1v) is 10.3. The molecule has 4 aromatic rings. The number of carbonyl (C=O) groups excluding carboxylic acids is 2. The molecule has 10 heteroatoms. The van der Waals surface area contributed by atoms with Crippen molar-refractivity contribution in [2.45, 2.75) is 6.04 Å². The van der Waals surface area contributed by atoms with Gasteiger partial charge in [-0.25, -0.2) is 4.79 Å². The van der Waals surface area contributed by atoms with Crippen molar-refractivity contribution in [1.29, 1.82) is 0 Å². The molecule has 1 aliphatic rings. The van der Waals surface area contributed by atoms with Crippen LogP contribution < -0.4 is 10.3 Å². The summed E-state index contributed by atoms with van der Waals surface area (Å²) in [5.41, 5.74) is 2.52. The number of fused-ring (bicyclic) bond motifs is 2. The quantitative estimate of drug-likeness (QED) is 0.434. The number of amides is 1. The molecule has 5 rings (SSSR count). The Balaban J connectivity index is 1.76. The van der Waals surface area contributed by atoms with E-state index in [1.807, 2.05) is 0 Å². The summed E-state index contributed by atoms with van der Waals surface area (Å²) in [4.78, 5) is 39.9. The molecule has 8 nitrogen and oxygen atoms in total. The number of esters is 1. The van der Waals surface area contributed by atoms with Crippen LogP contribution in [0.1, 0.15) is 38.1 Å².